The summed E-state index contributed by atoms with van der Waals surface area (Å²) in [6.45, 7) is 0.455. The molecule has 25 heavy (non-hydrogen) atoms. The van der Waals surface area contributed by atoms with Crippen LogP contribution in [0.2, 0.25) is 0 Å². The lowest BCUT2D eigenvalue weighted by Crippen LogP contribution is -2.29. The number of rotatable bonds is 6. The van der Waals surface area contributed by atoms with Gasteiger partial charge in [-0.1, -0.05) is 30.3 Å². The van der Waals surface area contributed by atoms with Crippen molar-refractivity contribution in [2.24, 2.45) is 0 Å². The van der Waals surface area contributed by atoms with Crippen LogP contribution in [-0.4, -0.2) is 29.1 Å². The Hall–Kier alpha value is -2.79. The minimum absolute atomic E-state index is 0.0287. The van der Waals surface area contributed by atoms with Gasteiger partial charge in [-0.25, -0.2) is 4.39 Å². The number of carbonyl (C=O) groups excluding carboxylic acids is 1. The monoisotopic (exact) mass is 338 g/mol. The van der Waals surface area contributed by atoms with Gasteiger partial charge >= 0.3 is 0 Å². The Morgan fingerprint density at radius 2 is 1.96 bits per heavy atom. The van der Waals surface area contributed by atoms with Crippen molar-refractivity contribution in [3.63, 3.8) is 0 Å². The molecular weight excluding hydrogens is 319 g/mol. The molecule has 1 heterocycles. The molecule has 1 amide bonds. The van der Waals surface area contributed by atoms with E-state index in [9.17, 15) is 14.3 Å². The zero-order valence-corrected chi connectivity index (χ0v) is 13.7. The summed E-state index contributed by atoms with van der Waals surface area (Å²) in [5, 5.41) is 12.7. The average molecular weight is 338 g/mol. The molecule has 1 aromatic heterocycles. The third kappa shape index (κ3) is 4.19. The fraction of sp³-hybridized carbons (Fsp3) is 0.200. The second-order valence-corrected chi connectivity index (χ2v) is 5.89. The van der Waals surface area contributed by atoms with Crippen molar-refractivity contribution in [3.8, 4) is 0 Å². The number of aliphatic hydroxyl groups excluding tert-OH is 1. The van der Waals surface area contributed by atoms with Crippen LogP contribution in [0.1, 0.15) is 28.3 Å². The first-order valence-electron chi connectivity index (χ1n) is 8.16. The van der Waals surface area contributed by atoms with Gasteiger partial charge in [-0.2, -0.15) is 0 Å². The van der Waals surface area contributed by atoms with Crippen LogP contribution in [0.5, 0.6) is 0 Å². The van der Waals surface area contributed by atoms with Crippen molar-refractivity contribution >= 4 is 16.8 Å². The van der Waals surface area contributed by atoms with Crippen molar-refractivity contribution < 1.29 is 14.3 Å². The van der Waals surface area contributed by atoms with Crippen LogP contribution in [0.4, 0.5) is 4.39 Å². The highest BCUT2D eigenvalue weighted by atomic mass is 19.1. The van der Waals surface area contributed by atoms with E-state index in [-0.39, 0.29) is 24.2 Å². The maximum absolute atomic E-state index is 13.3. The number of carbonyl (C=O) groups is 1. The number of nitrogens with one attached hydrogen (secondary N) is 1. The third-order valence-electron chi connectivity index (χ3n) is 4.16. The first-order valence-corrected chi connectivity index (χ1v) is 8.16. The number of halogens is 1. The van der Waals surface area contributed by atoms with Crippen LogP contribution < -0.4 is 5.32 Å². The van der Waals surface area contributed by atoms with Crippen molar-refractivity contribution in [3.05, 3.63) is 77.7 Å². The Balaban J connectivity index is 1.72. The van der Waals surface area contributed by atoms with E-state index in [0.29, 0.717) is 29.4 Å². The second-order valence-electron chi connectivity index (χ2n) is 5.89. The molecule has 0 aliphatic carbocycles. The van der Waals surface area contributed by atoms with Gasteiger partial charge in [-0.3, -0.25) is 9.78 Å². The second kappa shape index (κ2) is 7.85. The molecule has 128 valence electrons. The molecule has 3 aromatic rings. The summed E-state index contributed by atoms with van der Waals surface area (Å²) >= 11 is 0. The summed E-state index contributed by atoms with van der Waals surface area (Å²) in [4.78, 5) is 16.6. The van der Waals surface area contributed by atoms with E-state index < -0.39 is 0 Å². The fourth-order valence-corrected chi connectivity index (χ4v) is 2.81. The lowest BCUT2D eigenvalue weighted by atomic mass is 9.96. The minimum atomic E-state index is -0.362. The number of aliphatic hydroxyl groups is 1. The number of fused-ring (bicyclic) bond motifs is 1. The summed E-state index contributed by atoms with van der Waals surface area (Å²) < 4.78 is 13.3. The molecule has 3 rings (SSSR count). The van der Waals surface area contributed by atoms with Crippen molar-refractivity contribution in [2.75, 3.05) is 13.2 Å². The highest BCUT2D eigenvalue weighted by Gasteiger charge is 2.14. The normalized spacial score (nSPS) is 12.1. The molecule has 2 aromatic carbocycles. The van der Waals surface area contributed by atoms with Gasteiger partial charge in [-0.15, -0.1) is 0 Å². The smallest absolute Gasteiger partial charge is 0.252 e. The van der Waals surface area contributed by atoms with E-state index >= 15 is 0 Å². The minimum Gasteiger partial charge on any atom is -0.396 e. The molecular formula is C20H19FN2O2. The van der Waals surface area contributed by atoms with Gasteiger partial charge in [-0.05, 0) is 36.2 Å². The maximum atomic E-state index is 13.3. The van der Waals surface area contributed by atoms with E-state index in [1.165, 1.54) is 18.3 Å². The number of hydrogen-bond donors (Lipinski definition) is 2. The van der Waals surface area contributed by atoms with Gasteiger partial charge in [0.1, 0.15) is 5.82 Å². The lowest BCUT2D eigenvalue weighted by molar-refractivity contribution is 0.0949. The van der Waals surface area contributed by atoms with Crippen LogP contribution in [0, 0.1) is 5.82 Å². The Morgan fingerprint density at radius 1 is 1.16 bits per heavy atom. The molecule has 0 bridgehead atoms. The van der Waals surface area contributed by atoms with Gasteiger partial charge in [0.05, 0.1) is 11.1 Å². The summed E-state index contributed by atoms with van der Waals surface area (Å²) in [5.41, 5.74) is 2.09. The van der Waals surface area contributed by atoms with Crippen LogP contribution in [0.3, 0.4) is 0 Å². The van der Waals surface area contributed by atoms with E-state index in [1.807, 2.05) is 30.3 Å². The maximum Gasteiger partial charge on any atom is 0.252 e. The van der Waals surface area contributed by atoms with E-state index in [0.717, 1.165) is 5.56 Å². The topological polar surface area (TPSA) is 62.2 Å². The predicted octanol–water partition coefficient (Wildman–Crippen LogP) is 3.27. The van der Waals surface area contributed by atoms with E-state index in [1.54, 1.807) is 12.1 Å². The molecule has 1 atom stereocenters. The number of hydrogen-bond acceptors (Lipinski definition) is 3. The standard InChI is InChI=1S/C20H19FN2O2/c21-18-6-7-19-16(11-18)10-17(13-22-19)20(25)23-12-15(8-9-24)14-4-2-1-3-5-14/h1-7,10-11,13,15,24H,8-9,12H2,(H,23,25)/t15-/m1/s1. The SMILES string of the molecule is O=C(NC[C@@H](CCO)c1ccccc1)c1cnc2ccc(F)cc2c1. The number of nitrogens with zero attached hydrogens (tertiary/aromatic N) is 1. The first kappa shape index (κ1) is 17.0. The van der Waals surface area contributed by atoms with Gasteiger partial charge in [0.15, 0.2) is 0 Å². The molecule has 0 saturated carbocycles. The molecule has 0 aliphatic rings. The van der Waals surface area contributed by atoms with E-state index in [4.69, 9.17) is 0 Å². The van der Waals surface area contributed by atoms with Crippen molar-refractivity contribution in [2.45, 2.75) is 12.3 Å². The highest BCUT2D eigenvalue weighted by molar-refractivity contribution is 5.97. The molecule has 0 aliphatic heterocycles. The Bertz CT molecular complexity index is 868. The molecule has 0 unspecified atom stereocenters. The molecule has 4 nitrogen and oxygen atoms in total. The molecule has 0 radical (unpaired) electrons. The van der Waals surface area contributed by atoms with Gasteiger partial charge in [0.25, 0.3) is 5.91 Å². The lowest BCUT2D eigenvalue weighted by Gasteiger charge is -2.17. The first-order chi connectivity index (χ1) is 12.2. The van der Waals surface area contributed by atoms with Crippen LogP contribution in [-0.2, 0) is 0 Å². The predicted molar refractivity (Wildman–Crippen MR) is 94.9 cm³/mol. The quantitative estimate of drug-likeness (QED) is 0.725. The van der Waals surface area contributed by atoms with Crippen molar-refractivity contribution in [1.29, 1.82) is 0 Å². The Morgan fingerprint density at radius 3 is 2.72 bits per heavy atom. The Kier molecular flexibility index (Phi) is 5.36. The van der Waals surface area contributed by atoms with Crippen LogP contribution in [0.25, 0.3) is 10.9 Å². The number of aromatic nitrogens is 1. The number of amides is 1. The highest BCUT2D eigenvalue weighted by Crippen LogP contribution is 2.19. The number of pyridine rings is 1. The molecule has 0 spiro atoms. The summed E-state index contributed by atoms with van der Waals surface area (Å²) in [6.07, 6.45) is 2.05. The zero-order chi connectivity index (χ0) is 17.6. The zero-order valence-electron chi connectivity index (χ0n) is 13.7. The van der Waals surface area contributed by atoms with Gasteiger partial charge in [0, 0.05) is 30.7 Å². The fourth-order valence-electron chi connectivity index (χ4n) is 2.81. The average Bonchev–Trinajstić information content (AvgIpc) is 2.65. The third-order valence-corrected chi connectivity index (χ3v) is 4.16. The van der Waals surface area contributed by atoms with Gasteiger partial charge in [0.2, 0.25) is 0 Å². The van der Waals surface area contributed by atoms with Gasteiger partial charge < -0.3 is 10.4 Å². The Labute approximate surface area is 145 Å². The molecule has 0 saturated heterocycles. The van der Waals surface area contributed by atoms with Crippen LogP contribution in [0.15, 0.2) is 60.8 Å². The van der Waals surface area contributed by atoms with Crippen LogP contribution >= 0.6 is 0 Å². The summed E-state index contributed by atoms with van der Waals surface area (Å²) in [6, 6.07) is 15.7. The molecule has 2 N–H and O–H groups in total. The number of benzene rings is 2. The molecule has 0 fully saturated rings. The van der Waals surface area contributed by atoms with Crippen molar-refractivity contribution in [1.82, 2.24) is 10.3 Å². The summed E-state index contributed by atoms with van der Waals surface area (Å²) in [5.74, 6) is -0.600. The largest absolute Gasteiger partial charge is 0.396 e. The molecule has 5 heteroatoms. The van der Waals surface area contributed by atoms with E-state index in [2.05, 4.69) is 10.3 Å². The summed E-state index contributed by atoms with van der Waals surface area (Å²) in [7, 11) is 0.